The van der Waals surface area contributed by atoms with E-state index in [4.69, 9.17) is 5.73 Å². The highest BCUT2D eigenvalue weighted by atomic mass is 79.9. The fraction of sp³-hybridized carbons (Fsp3) is 0.100. The van der Waals surface area contributed by atoms with Crippen LogP contribution in [-0.2, 0) is 7.05 Å². The van der Waals surface area contributed by atoms with Gasteiger partial charge in [-0.2, -0.15) is 16.3 Å². The Hall–Kier alpha value is -1.67. The molecule has 6 nitrogen and oxygen atoms in total. The zero-order chi connectivity index (χ0) is 13.1. The van der Waals surface area contributed by atoms with Crippen molar-refractivity contribution in [2.45, 2.75) is 0 Å². The van der Waals surface area contributed by atoms with Gasteiger partial charge in [-0.05, 0) is 27.4 Å². The van der Waals surface area contributed by atoms with Crippen molar-refractivity contribution < 1.29 is 0 Å². The number of hydrogen-bond donors (Lipinski definition) is 2. The van der Waals surface area contributed by atoms with Crippen LogP contribution in [0.3, 0.4) is 0 Å². The lowest BCUT2D eigenvalue weighted by molar-refractivity contribution is 0.929. The largest absolute Gasteiger partial charge is 0.369 e. The van der Waals surface area contributed by atoms with Crippen molar-refractivity contribution in [2.24, 2.45) is 7.05 Å². The van der Waals surface area contributed by atoms with E-state index in [9.17, 15) is 4.79 Å². The lowest BCUT2D eigenvalue weighted by Crippen LogP contribution is -2.11. The average molecular weight is 328 g/mol. The van der Waals surface area contributed by atoms with Gasteiger partial charge in [-0.15, -0.1) is 0 Å². The number of nitrogens with two attached hydrogens (primary N) is 1. The molecule has 0 amide bonds. The van der Waals surface area contributed by atoms with Gasteiger partial charge in [0.15, 0.2) is 11.2 Å². The van der Waals surface area contributed by atoms with Crippen molar-refractivity contribution in [2.75, 3.05) is 5.73 Å². The zero-order valence-electron chi connectivity index (χ0n) is 9.42. The van der Waals surface area contributed by atoms with Crippen LogP contribution in [0.4, 0.5) is 5.95 Å². The molecule has 0 aliphatic carbocycles. The van der Waals surface area contributed by atoms with Gasteiger partial charge in [-0.25, -0.2) is 4.98 Å². The third-order valence-electron chi connectivity index (χ3n) is 2.08. The normalized spacial score (nSPS) is 10.1. The molecule has 0 saturated heterocycles. The summed E-state index contributed by atoms with van der Waals surface area (Å²) in [6.45, 7) is 0. The number of anilines is 1. The average Bonchev–Trinajstić information content (AvgIpc) is 2.90. The predicted molar refractivity (Wildman–Crippen MR) is 75.6 cm³/mol. The molecule has 0 bridgehead atoms. The first-order valence-corrected chi connectivity index (χ1v) is 6.66. The number of hydrogen-bond acceptors (Lipinski definition) is 5. The van der Waals surface area contributed by atoms with Crippen LogP contribution in [0, 0.1) is 0 Å². The Morgan fingerprint density at radius 2 is 2.33 bits per heavy atom. The fourth-order valence-corrected chi connectivity index (χ4v) is 2.42. The van der Waals surface area contributed by atoms with E-state index in [0.717, 1.165) is 0 Å². The van der Waals surface area contributed by atoms with Gasteiger partial charge >= 0.3 is 0 Å². The molecule has 0 saturated carbocycles. The Kier molecular flexibility index (Phi) is 3.78. The van der Waals surface area contributed by atoms with Crippen molar-refractivity contribution in [3.63, 3.8) is 0 Å². The monoisotopic (exact) mass is 327 g/mol. The van der Waals surface area contributed by atoms with Crippen molar-refractivity contribution in [3.05, 3.63) is 38.0 Å². The van der Waals surface area contributed by atoms with Gasteiger partial charge in [0.2, 0.25) is 5.95 Å². The van der Waals surface area contributed by atoms with E-state index in [2.05, 4.69) is 30.9 Å². The van der Waals surface area contributed by atoms with Crippen LogP contribution in [0.25, 0.3) is 11.2 Å². The molecular formula is C10H10BrN5OS. The number of rotatable bonds is 0. The number of imidazole rings is 1. The molecule has 8 heteroatoms. The van der Waals surface area contributed by atoms with Crippen LogP contribution < -0.4 is 11.3 Å². The molecule has 0 spiro atoms. The first-order valence-electron chi connectivity index (χ1n) is 4.92. The fourth-order valence-electron chi connectivity index (χ4n) is 1.28. The molecule has 0 unspecified atom stereocenters. The summed E-state index contributed by atoms with van der Waals surface area (Å²) in [6.07, 6.45) is 1.52. The Balaban J connectivity index is 0.000000169. The summed E-state index contributed by atoms with van der Waals surface area (Å²) in [4.78, 5) is 21.3. The minimum absolute atomic E-state index is 0.108. The summed E-state index contributed by atoms with van der Waals surface area (Å²) in [6, 6.07) is 2.02. The van der Waals surface area contributed by atoms with Crippen molar-refractivity contribution >= 4 is 44.4 Å². The number of thiophene rings is 1. The summed E-state index contributed by atoms with van der Waals surface area (Å²) in [7, 11) is 1.75. The number of aromatic amines is 1. The summed E-state index contributed by atoms with van der Waals surface area (Å²) in [5.41, 5.74) is 5.85. The van der Waals surface area contributed by atoms with Crippen LogP contribution in [0.15, 0.2) is 32.4 Å². The Labute approximate surface area is 115 Å². The Bertz CT molecular complexity index is 703. The molecule has 0 aliphatic heterocycles. The maximum Gasteiger partial charge on any atom is 0.280 e. The van der Waals surface area contributed by atoms with E-state index in [-0.39, 0.29) is 11.5 Å². The van der Waals surface area contributed by atoms with Gasteiger partial charge < -0.3 is 10.3 Å². The molecule has 0 radical (unpaired) electrons. The zero-order valence-corrected chi connectivity index (χ0v) is 11.8. The standard InChI is InChI=1S/C6H7N5O.C4H3BrS/c1-11-2-8-3-4(11)9-6(7)10-5(3)12;5-4-1-2-6-3-4/h2H,1H3,(H3,7,9,10,12);1-3H. The minimum Gasteiger partial charge on any atom is -0.369 e. The lowest BCUT2D eigenvalue weighted by Gasteiger charge is -1.93. The summed E-state index contributed by atoms with van der Waals surface area (Å²) in [5.74, 6) is 0.108. The SMILES string of the molecule is Brc1ccsc1.Cn1cnc2c(=O)[nH]c(N)nc21. The topological polar surface area (TPSA) is 89.6 Å². The Morgan fingerprint density at radius 1 is 1.56 bits per heavy atom. The third kappa shape index (κ3) is 2.77. The van der Waals surface area contributed by atoms with Crippen molar-refractivity contribution in [1.29, 1.82) is 0 Å². The van der Waals surface area contributed by atoms with Gasteiger partial charge in [-0.1, -0.05) is 0 Å². The maximum atomic E-state index is 11.2. The molecule has 3 aromatic heterocycles. The second kappa shape index (κ2) is 5.32. The number of fused-ring (bicyclic) bond motifs is 1. The minimum atomic E-state index is -0.307. The quantitative estimate of drug-likeness (QED) is 0.658. The van der Waals surface area contributed by atoms with Crippen LogP contribution in [0.5, 0.6) is 0 Å². The highest BCUT2D eigenvalue weighted by Crippen LogP contribution is 2.11. The van der Waals surface area contributed by atoms with E-state index < -0.39 is 0 Å². The van der Waals surface area contributed by atoms with Gasteiger partial charge in [0.1, 0.15) is 0 Å². The highest BCUT2D eigenvalue weighted by molar-refractivity contribution is 9.10. The smallest absolute Gasteiger partial charge is 0.280 e. The summed E-state index contributed by atoms with van der Waals surface area (Å²) >= 11 is 4.98. The van der Waals surface area contributed by atoms with Crippen molar-refractivity contribution in [3.8, 4) is 0 Å². The molecule has 3 aromatic rings. The second-order valence-corrected chi connectivity index (χ2v) is 5.12. The first kappa shape index (κ1) is 12.8. The predicted octanol–water partition coefficient (Wildman–Crippen LogP) is 1.75. The molecular weight excluding hydrogens is 318 g/mol. The van der Waals surface area contributed by atoms with E-state index in [1.807, 2.05) is 16.8 Å². The van der Waals surface area contributed by atoms with E-state index in [0.29, 0.717) is 11.2 Å². The Morgan fingerprint density at radius 3 is 2.89 bits per heavy atom. The molecule has 18 heavy (non-hydrogen) atoms. The number of nitrogens with one attached hydrogen (secondary N) is 1. The van der Waals surface area contributed by atoms with E-state index >= 15 is 0 Å². The molecule has 3 heterocycles. The number of aryl methyl sites for hydroxylation is 1. The molecule has 94 valence electrons. The van der Waals surface area contributed by atoms with E-state index in [1.165, 1.54) is 10.8 Å². The lowest BCUT2D eigenvalue weighted by atomic mass is 10.5. The molecule has 3 rings (SSSR count). The third-order valence-corrected chi connectivity index (χ3v) is 3.55. The number of nitrogen functional groups attached to an aromatic ring is 1. The molecule has 0 atom stereocenters. The van der Waals surface area contributed by atoms with Gasteiger partial charge in [0, 0.05) is 16.9 Å². The van der Waals surface area contributed by atoms with Crippen LogP contribution in [0.1, 0.15) is 0 Å². The number of aromatic nitrogens is 4. The van der Waals surface area contributed by atoms with Crippen LogP contribution >= 0.6 is 27.3 Å². The van der Waals surface area contributed by atoms with Gasteiger partial charge in [0.05, 0.1) is 6.33 Å². The number of nitrogens with zero attached hydrogens (tertiary/aromatic N) is 3. The van der Waals surface area contributed by atoms with Crippen LogP contribution in [-0.4, -0.2) is 19.5 Å². The molecule has 0 aromatic carbocycles. The number of halogens is 1. The van der Waals surface area contributed by atoms with Gasteiger partial charge in [0.25, 0.3) is 5.56 Å². The summed E-state index contributed by atoms with van der Waals surface area (Å²) in [5, 5.41) is 4.07. The van der Waals surface area contributed by atoms with Gasteiger partial charge in [-0.3, -0.25) is 9.78 Å². The van der Waals surface area contributed by atoms with Crippen molar-refractivity contribution in [1.82, 2.24) is 19.5 Å². The molecule has 3 N–H and O–H groups in total. The van der Waals surface area contributed by atoms with E-state index in [1.54, 1.807) is 23.0 Å². The van der Waals surface area contributed by atoms with Crippen LogP contribution in [0.2, 0.25) is 0 Å². The molecule has 0 aliphatic rings. The first-order chi connectivity index (χ1) is 8.58. The highest BCUT2D eigenvalue weighted by Gasteiger charge is 2.05. The second-order valence-electron chi connectivity index (χ2n) is 3.42. The summed E-state index contributed by atoms with van der Waals surface area (Å²) < 4.78 is 2.81. The maximum absolute atomic E-state index is 11.2. The molecule has 0 fully saturated rings. The number of H-pyrrole nitrogens is 1.